The van der Waals surface area contributed by atoms with Crippen LogP contribution in [0.1, 0.15) is 20.3 Å². The fourth-order valence-electron chi connectivity index (χ4n) is 0.928. The van der Waals surface area contributed by atoms with Crippen LogP contribution in [0.15, 0.2) is 0 Å². The standard InChI is InChI=1S/C7H15NO/c1-5-3-7(5)8-4-6(2)9/h5-9H,3-4H2,1-2H3/t5?,6-,7?/m0/s1. The number of hydrogen-bond donors (Lipinski definition) is 2. The third kappa shape index (κ3) is 2.33. The van der Waals surface area contributed by atoms with Gasteiger partial charge < -0.3 is 10.4 Å². The Hall–Kier alpha value is -0.0800. The van der Waals surface area contributed by atoms with E-state index in [1.807, 2.05) is 0 Å². The monoisotopic (exact) mass is 129 g/mol. The molecule has 3 atom stereocenters. The average Bonchev–Trinajstić information content (AvgIpc) is 2.42. The molecule has 2 unspecified atom stereocenters. The Morgan fingerprint density at radius 1 is 1.78 bits per heavy atom. The van der Waals surface area contributed by atoms with Crippen LogP contribution in [0, 0.1) is 5.92 Å². The second kappa shape index (κ2) is 2.67. The summed E-state index contributed by atoms with van der Waals surface area (Å²) in [6, 6.07) is 0.694. The topological polar surface area (TPSA) is 32.3 Å². The van der Waals surface area contributed by atoms with E-state index in [1.54, 1.807) is 6.92 Å². The molecule has 2 heteroatoms. The maximum Gasteiger partial charge on any atom is 0.0636 e. The Labute approximate surface area is 56.3 Å². The van der Waals surface area contributed by atoms with Crippen LogP contribution in [0.2, 0.25) is 0 Å². The van der Waals surface area contributed by atoms with E-state index in [0.717, 1.165) is 12.5 Å². The lowest BCUT2D eigenvalue weighted by Gasteiger charge is -2.04. The molecular weight excluding hydrogens is 114 g/mol. The molecule has 0 aromatic heterocycles. The first kappa shape index (κ1) is 7.03. The Morgan fingerprint density at radius 2 is 2.33 bits per heavy atom. The molecular formula is C7H15NO. The Balaban J connectivity index is 1.94. The zero-order valence-electron chi connectivity index (χ0n) is 6.09. The Kier molecular flexibility index (Phi) is 2.09. The van der Waals surface area contributed by atoms with E-state index in [0.29, 0.717) is 6.04 Å². The van der Waals surface area contributed by atoms with Crippen molar-refractivity contribution < 1.29 is 5.11 Å². The maximum atomic E-state index is 8.85. The summed E-state index contributed by atoms with van der Waals surface area (Å²) in [6.45, 7) is 4.77. The van der Waals surface area contributed by atoms with Crippen LogP contribution in [0.5, 0.6) is 0 Å². The van der Waals surface area contributed by atoms with Crippen LogP contribution < -0.4 is 5.32 Å². The van der Waals surface area contributed by atoms with Gasteiger partial charge in [0, 0.05) is 12.6 Å². The molecule has 0 spiro atoms. The van der Waals surface area contributed by atoms with Gasteiger partial charge >= 0.3 is 0 Å². The van der Waals surface area contributed by atoms with E-state index in [1.165, 1.54) is 6.42 Å². The molecule has 54 valence electrons. The van der Waals surface area contributed by atoms with Crippen molar-refractivity contribution >= 4 is 0 Å². The molecule has 0 heterocycles. The SMILES string of the molecule is CC1CC1NC[C@H](C)O. The first-order chi connectivity index (χ1) is 4.20. The lowest BCUT2D eigenvalue weighted by molar-refractivity contribution is 0.190. The number of hydrogen-bond acceptors (Lipinski definition) is 2. The van der Waals surface area contributed by atoms with E-state index >= 15 is 0 Å². The predicted octanol–water partition coefficient (Wildman–Crippen LogP) is 0.365. The van der Waals surface area contributed by atoms with E-state index in [4.69, 9.17) is 5.11 Å². The minimum Gasteiger partial charge on any atom is -0.392 e. The minimum absolute atomic E-state index is 0.196. The molecule has 0 saturated heterocycles. The van der Waals surface area contributed by atoms with Crippen molar-refractivity contribution in [3.63, 3.8) is 0 Å². The van der Waals surface area contributed by atoms with Gasteiger partial charge in [-0.2, -0.15) is 0 Å². The Bertz CT molecular complexity index is 92.9. The number of aliphatic hydroxyl groups is 1. The van der Waals surface area contributed by atoms with E-state index in [2.05, 4.69) is 12.2 Å². The zero-order valence-corrected chi connectivity index (χ0v) is 6.09. The Morgan fingerprint density at radius 3 is 2.67 bits per heavy atom. The van der Waals surface area contributed by atoms with Gasteiger partial charge in [0.25, 0.3) is 0 Å². The third-order valence-corrected chi connectivity index (χ3v) is 1.78. The molecule has 0 bridgehead atoms. The molecule has 1 rings (SSSR count). The molecule has 0 aliphatic heterocycles. The maximum absolute atomic E-state index is 8.85. The lowest BCUT2D eigenvalue weighted by atomic mass is 10.4. The highest BCUT2D eigenvalue weighted by atomic mass is 16.3. The van der Waals surface area contributed by atoms with Crippen molar-refractivity contribution in [2.24, 2.45) is 5.92 Å². The van der Waals surface area contributed by atoms with Crippen molar-refractivity contribution in [2.75, 3.05) is 6.54 Å². The molecule has 0 aromatic rings. The van der Waals surface area contributed by atoms with Crippen LogP contribution in [0.3, 0.4) is 0 Å². The summed E-state index contributed by atoms with van der Waals surface area (Å²) >= 11 is 0. The van der Waals surface area contributed by atoms with Crippen molar-refractivity contribution in [1.29, 1.82) is 0 Å². The summed E-state index contributed by atoms with van der Waals surface area (Å²) in [6.07, 6.45) is 1.09. The van der Waals surface area contributed by atoms with Crippen molar-refractivity contribution in [2.45, 2.75) is 32.4 Å². The first-order valence-corrected chi connectivity index (χ1v) is 3.61. The van der Waals surface area contributed by atoms with E-state index in [-0.39, 0.29) is 6.10 Å². The minimum atomic E-state index is -0.196. The van der Waals surface area contributed by atoms with Crippen molar-refractivity contribution in [3.05, 3.63) is 0 Å². The van der Waals surface area contributed by atoms with Gasteiger partial charge in [0.2, 0.25) is 0 Å². The van der Waals surface area contributed by atoms with Crippen molar-refractivity contribution in [3.8, 4) is 0 Å². The number of aliphatic hydroxyl groups excluding tert-OH is 1. The second-order valence-electron chi connectivity index (χ2n) is 3.08. The van der Waals surface area contributed by atoms with Crippen LogP contribution in [0.25, 0.3) is 0 Å². The van der Waals surface area contributed by atoms with E-state index < -0.39 is 0 Å². The van der Waals surface area contributed by atoms with Gasteiger partial charge in [-0.3, -0.25) is 0 Å². The van der Waals surface area contributed by atoms with Crippen LogP contribution >= 0.6 is 0 Å². The van der Waals surface area contributed by atoms with Gasteiger partial charge in [0.05, 0.1) is 6.10 Å². The van der Waals surface area contributed by atoms with E-state index in [9.17, 15) is 0 Å². The molecule has 1 fully saturated rings. The fourth-order valence-corrected chi connectivity index (χ4v) is 0.928. The number of nitrogens with one attached hydrogen (secondary N) is 1. The van der Waals surface area contributed by atoms with Crippen LogP contribution in [-0.2, 0) is 0 Å². The fraction of sp³-hybridized carbons (Fsp3) is 1.00. The molecule has 1 aliphatic carbocycles. The zero-order chi connectivity index (χ0) is 6.85. The molecule has 0 aromatic carbocycles. The van der Waals surface area contributed by atoms with Crippen LogP contribution in [-0.4, -0.2) is 23.8 Å². The van der Waals surface area contributed by atoms with Crippen molar-refractivity contribution in [1.82, 2.24) is 5.32 Å². The highest BCUT2D eigenvalue weighted by Gasteiger charge is 2.31. The number of rotatable bonds is 3. The summed E-state index contributed by atoms with van der Waals surface area (Å²) in [5.74, 6) is 0.837. The third-order valence-electron chi connectivity index (χ3n) is 1.78. The van der Waals surface area contributed by atoms with Gasteiger partial charge in [-0.15, -0.1) is 0 Å². The summed E-state index contributed by atoms with van der Waals surface area (Å²) in [5, 5.41) is 12.1. The van der Waals surface area contributed by atoms with Crippen LogP contribution in [0.4, 0.5) is 0 Å². The summed E-state index contributed by atoms with van der Waals surface area (Å²) < 4.78 is 0. The largest absolute Gasteiger partial charge is 0.392 e. The molecule has 1 saturated carbocycles. The molecule has 2 nitrogen and oxygen atoms in total. The van der Waals surface area contributed by atoms with Gasteiger partial charge in [-0.25, -0.2) is 0 Å². The molecule has 1 aliphatic rings. The molecule has 0 amide bonds. The predicted molar refractivity (Wildman–Crippen MR) is 37.3 cm³/mol. The smallest absolute Gasteiger partial charge is 0.0636 e. The van der Waals surface area contributed by atoms with Gasteiger partial charge in [0.1, 0.15) is 0 Å². The lowest BCUT2D eigenvalue weighted by Crippen LogP contribution is -2.26. The molecule has 9 heavy (non-hydrogen) atoms. The van der Waals surface area contributed by atoms with Gasteiger partial charge in [-0.1, -0.05) is 6.92 Å². The molecule has 0 radical (unpaired) electrons. The normalized spacial score (nSPS) is 36.3. The highest BCUT2D eigenvalue weighted by molar-refractivity contribution is 4.89. The average molecular weight is 129 g/mol. The highest BCUT2D eigenvalue weighted by Crippen LogP contribution is 2.28. The summed E-state index contributed by atoms with van der Waals surface area (Å²) in [5.41, 5.74) is 0. The van der Waals surface area contributed by atoms with Gasteiger partial charge in [-0.05, 0) is 19.3 Å². The second-order valence-corrected chi connectivity index (χ2v) is 3.08. The quantitative estimate of drug-likeness (QED) is 0.577. The summed E-state index contributed by atoms with van der Waals surface area (Å²) in [4.78, 5) is 0. The molecule has 2 N–H and O–H groups in total. The van der Waals surface area contributed by atoms with Gasteiger partial charge in [0.15, 0.2) is 0 Å². The summed E-state index contributed by atoms with van der Waals surface area (Å²) in [7, 11) is 0. The first-order valence-electron chi connectivity index (χ1n) is 3.61.